The summed E-state index contributed by atoms with van der Waals surface area (Å²) in [5.74, 6) is 2.85. The number of rotatable bonds is 3. The largest absolute Gasteiger partial charge is 0.493 e. The van der Waals surface area contributed by atoms with Gasteiger partial charge in [-0.3, -0.25) is 9.59 Å². The Morgan fingerprint density at radius 2 is 1.88 bits per heavy atom. The van der Waals surface area contributed by atoms with E-state index in [1.807, 2.05) is 0 Å². The van der Waals surface area contributed by atoms with Gasteiger partial charge in [-0.1, -0.05) is 5.92 Å². The van der Waals surface area contributed by atoms with Gasteiger partial charge in [0.05, 0.1) is 38.5 Å². The van der Waals surface area contributed by atoms with Gasteiger partial charge in [0.25, 0.3) is 11.8 Å². The number of amides is 2. The number of carbonyl (C=O) groups excluding carboxylic acids is 2. The van der Waals surface area contributed by atoms with Crippen LogP contribution in [0, 0.1) is 17.7 Å². The Hall–Kier alpha value is -2.59. The molecule has 3 rings (SSSR count). The average molecular weight is 346 g/mol. The van der Waals surface area contributed by atoms with Crippen LogP contribution in [0.3, 0.4) is 0 Å². The number of hydrogen-bond donors (Lipinski definition) is 0. The lowest BCUT2D eigenvalue weighted by Crippen LogP contribution is -2.41. The van der Waals surface area contributed by atoms with Gasteiger partial charge in [-0.05, 0) is 26.0 Å². The van der Waals surface area contributed by atoms with Crippen LogP contribution < -0.4 is 4.74 Å². The number of benzene rings is 1. The SMILES string of the molecule is CC#Cc1cc(F)c(C2C(=O)N3CCOCCN3C2=O)c(OCC)c1. The zero-order valence-electron chi connectivity index (χ0n) is 14.2. The Kier molecular flexibility index (Phi) is 4.91. The van der Waals surface area contributed by atoms with Crippen molar-refractivity contribution < 1.29 is 23.5 Å². The molecule has 0 atom stereocenters. The van der Waals surface area contributed by atoms with E-state index in [9.17, 15) is 14.0 Å². The smallest absolute Gasteiger partial charge is 0.258 e. The predicted octanol–water partition coefficient (Wildman–Crippen LogP) is 1.30. The van der Waals surface area contributed by atoms with Crippen LogP contribution in [0.4, 0.5) is 4.39 Å². The van der Waals surface area contributed by atoms with E-state index in [1.165, 1.54) is 16.1 Å². The quantitative estimate of drug-likeness (QED) is 0.611. The van der Waals surface area contributed by atoms with Gasteiger partial charge in [0.15, 0.2) is 5.92 Å². The molecule has 0 bridgehead atoms. The van der Waals surface area contributed by atoms with Gasteiger partial charge in [0.2, 0.25) is 0 Å². The number of nitrogens with zero attached hydrogens (tertiary/aromatic N) is 2. The third-order valence-electron chi connectivity index (χ3n) is 4.14. The van der Waals surface area contributed by atoms with Gasteiger partial charge in [0.1, 0.15) is 11.6 Å². The Bertz CT molecular complexity index is 744. The first-order chi connectivity index (χ1) is 12.1. The van der Waals surface area contributed by atoms with Gasteiger partial charge < -0.3 is 9.47 Å². The maximum Gasteiger partial charge on any atom is 0.258 e. The van der Waals surface area contributed by atoms with Gasteiger partial charge in [0, 0.05) is 5.56 Å². The summed E-state index contributed by atoms with van der Waals surface area (Å²) in [6, 6.07) is 2.80. The van der Waals surface area contributed by atoms with E-state index in [4.69, 9.17) is 9.47 Å². The predicted molar refractivity (Wildman–Crippen MR) is 87.1 cm³/mol. The molecule has 0 radical (unpaired) electrons. The standard InChI is InChI=1S/C18H19FN2O4/c1-3-5-12-10-13(19)15(14(11-12)25-4-2)16-17(22)20-6-8-24-9-7-21(20)18(16)23/h10-11,16H,4,6-9H2,1-2H3. The molecule has 1 aromatic carbocycles. The second-order valence-corrected chi connectivity index (χ2v) is 5.65. The van der Waals surface area contributed by atoms with E-state index in [2.05, 4.69) is 11.8 Å². The van der Waals surface area contributed by atoms with Crippen molar-refractivity contribution in [2.75, 3.05) is 32.9 Å². The summed E-state index contributed by atoms with van der Waals surface area (Å²) in [5, 5.41) is 2.68. The van der Waals surface area contributed by atoms with Crippen LogP contribution in [0.2, 0.25) is 0 Å². The highest BCUT2D eigenvalue weighted by Gasteiger charge is 2.49. The zero-order chi connectivity index (χ0) is 18.0. The fourth-order valence-corrected chi connectivity index (χ4v) is 3.12. The van der Waals surface area contributed by atoms with Gasteiger partial charge >= 0.3 is 0 Å². The van der Waals surface area contributed by atoms with E-state index in [-0.39, 0.29) is 31.0 Å². The number of halogens is 1. The highest BCUT2D eigenvalue weighted by Crippen LogP contribution is 2.37. The Morgan fingerprint density at radius 1 is 1.24 bits per heavy atom. The van der Waals surface area contributed by atoms with Gasteiger partial charge in [-0.25, -0.2) is 14.4 Å². The number of hydrazine groups is 1. The molecule has 0 spiro atoms. The molecule has 0 aromatic heterocycles. The van der Waals surface area contributed by atoms with E-state index >= 15 is 0 Å². The first-order valence-electron chi connectivity index (χ1n) is 8.17. The van der Waals surface area contributed by atoms with Crippen LogP contribution in [-0.2, 0) is 14.3 Å². The van der Waals surface area contributed by atoms with E-state index in [0.29, 0.717) is 18.8 Å². The second-order valence-electron chi connectivity index (χ2n) is 5.65. The molecule has 7 heteroatoms. The topological polar surface area (TPSA) is 59.1 Å². The van der Waals surface area contributed by atoms with Crippen LogP contribution in [0.25, 0.3) is 0 Å². The van der Waals surface area contributed by atoms with Crippen LogP contribution >= 0.6 is 0 Å². The van der Waals surface area contributed by atoms with Crippen molar-refractivity contribution in [3.63, 3.8) is 0 Å². The number of fused-ring (bicyclic) bond motifs is 1. The molecular formula is C18H19FN2O4. The second kappa shape index (κ2) is 7.11. The molecule has 2 aliphatic rings. The summed E-state index contributed by atoms with van der Waals surface area (Å²) >= 11 is 0. The Balaban J connectivity index is 2.07. The van der Waals surface area contributed by atoms with Crippen molar-refractivity contribution in [1.29, 1.82) is 0 Å². The summed E-state index contributed by atoms with van der Waals surface area (Å²) in [4.78, 5) is 25.6. The van der Waals surface area contributed by atoms with E-state index < -0.39 is 23.5 Å². The fourth-order valence-electron chi connectivity index (χ4n) is 3.12. The molecule has 2 amide bonds. The van der Waals surface area contributed by atoms with Crippen LogP contribution in [-0.4, -0.2) is 54.7 Å². The number of carbonyl (C=O) groups is 2. The van der Waals surface area contributed by atoms with E-state index in [1.54, 1.807) is 19.9 Å². The molecule has 1 aromatic rings. The minimum Gasteiger partial charge on any atom is -0.493 e. The Morgan fingerprint density at radius 3 is 2.44 bits per heavy atom. The van der Waals surface area contributed by atoms with E-state index in [0.717, 1.165) is 0 Å². The summed E-state index contributed by atoms with van der Waals surface area (Å²) in [6.45, 7) is 4.91. The molecule has 0 saturated carbocycles. The van der Waals surface area contributed by atoms with Crippen LogP contribution in [0.1, 0.15) is 30.9 Å². The normalized spacial score (nSPS) is 17.9. The van der Waals surface area contributed by atoms with Crippen molar-refractivity contribution in [1.82, 2.24) is 10.0 Å². The summed E-state index contributed by atoms with van der Waals surface area (Å²) in [5.41, 5.74) is 0.417. The molecule has 2 fully saturated rings. The number of ether oxygens (including phenoxy) is 2. The van der Waals surface area contributed by atoms with Gasteiger partial charge in [-0.15, -0.1) is 5.92 Å². The van der Waals surface area contributed by atoms with Crippen molar-refractivity contribution in [3.05, 3.63) is 29.1 Å². The van der Waals surface area contributed by atoms with Crippen molar-refractivity contribution in [3.8, 4) is 17.6 Å². The minimum atomic E-state index is -1.23. The molecule has 2 aliphatic heterocycles. The van der Waals surface area contributed by atoms with Crippen molar-refractivity contribution in [2.45, 2.75) is 19.8 Å². The molecule has 2 heterocycles. The van der Waals surface area contributed by atoms with Crippen molar-refractivity contribution in [2.24, 2.45) is 0 Å². The average Bonchev–Trinajstić information content (AvgIpc) is 2.75. The first kappa shape index (κ1) is 17.2. The fraction of sp³-hybridized carbons (Fsp3) is 0.444. The lowest BCUT2D eigenvalue weighted by molar-refractivity contribution is -0.145. The molecule has 6 nitrogen and oxygen atoms in total. The monoisotopic (exact) mass is 346 g/mol. The maximum absolute atomic E-state index is 14.8. The summed E-state index contributed by atoms with van der Waals surface area (Å²) in [6.07, 6.45) is 0. The number of hydrogen-bond acceptors (Lipinski definition) is 4. The highest BCUT2D eigenvalue weighted by atomic mass is 19.1. The molecule has 25 heavy (non-hydrogen) atoms. The third kappa shape index (κ3) is 3.05. The maximum atomic E-state index is 14.8. The molecule has 0 aliphatic carbocycles. The lowest BCUT2D eigenvalue weighted by atomic mass is 9.95. The van der Waals surface area contributed by atoms with Crippen LogP contribution in [0.5, 0.6) is 5.75 Å². The Labute approximate surface area is 145 Å². The molecule has 0 N–H and O–H groups in total. The third-order valence-corrected chi connectivity index (χ3v) is 4.14. The van der Waals surface area contributed by atoms with Crippen molar-refractivity contribution >= 4 is 11.8 Å². The zero-order valence-corrected chi connectivity index (χ0v) is 14.2. The lowest BCUT2D eigenvalue weighted by Gasteiger charge is -2.23. The summed E-state index contributed by atoms with van der Waals surface area (Å²) in [7, 11) is 0. The summed E-state index contributed by atoms with van der Waals surface area (Å²) < 4.78 is 25.6. The molecule has 132 valence electrons. The molecule has 0 unspecified atom stereocenters. The highest BCUT2D eigenvalue weighted by molar-refractivity contribution is 6.10. The molecule has 2 saturated heterocycles. The minimum absolute atomic E-state index is 0.0208. The van der Waals surface area contributed by atoms with Crippen LogP contribution in [0.15, 0.2) is 12.1 Å². The molecular weight excluding hydrogens is 327 g/mol. The van der Waals surface area contributed by atoms with Gasteiger partial charge in [-0.2, -0.15) is 0 Å². The first-order valence-corrected chi connectivity index (χ1v) is 8.17.